The van der Waals surface area contributed by atoms with Crippen LogP contribution >= 0.6 is 0 Å². The van der Waals surface area contributed by atoms with Crippen LogP contribution in [0.15, 0.2) is 4.99 Å². The lowest BCUT2D eigenvalue weighted by Crippen LogP contribution is -2.41. The number of piperidine rings is 1. The first-order valence-corrected chi connectivity index (χ1v) is 7.70. The highest BCUT2D eigenvalue weighted by atomic mass is 15.2. The van der Waals surface area contributed by atoms with Crippen molar-refractivity contribution in [3.05, 3.63) is 0 Å². The predicted octanol–water partition coefficient (Wildman–Crippen LogP) is 1.58. The molecule has 0 aromatic heterocycles. The maximum Gasteiger partial charge on any atom is 0.191 e. The van der Waals surface area contributed by atoms with Crippen molar-refractivity contribution in [3.8, 4) is 0 Å². The summed E-state index contributed by atoms with van der Waals surface area (Å²) in [4.78, 5) is 7.04. The van der Waals surface area contributed by atoms with Crippen LogP contribution in [-0.2, 0) is 0 Å². The molecule has 0 aromatic carbocycles. The Bertz CT molecular complexity index is 246. The second-order valence-corrected chi connectivity index (χ2v) is 5.40. The summed E-state index contributed by atoms with van der Waals surface area (Å²) in [6, 6.07) is 0. The van der Waals surface area contributed by atoms with Gasteiger partial charge in [0.15, 0.2) is 5.96 Å². The number of rotatable bonds is 6. The van der Waals surface area contributed by atoms with E-state index in [1.807, 2.05) is 0 Å². The van der Waals surface area contributed by atoms with Gasteiger partial charge >= 0.3 is 0 Å². The molecular weight excluding hydrogens is 224 g/mol. The zero-order chi connectivity index (χ0) is 12.5. The van der Waals surface area contributed by atoms with Crippen molar-refractivity contribution in [3.63, 3.8) is 0 Å². The summed E-state index contributed by atoms with van der Waals surface area (Å²) in [6.45, 7) is 7.08. The lowest BCUT2D eigenvalue weighted by molar-refractivity contribution is 0.224. The molecule has 2 heterocycles. The Morgan fingerprint density at radius 1 is 1.06 bits per heavy atom. The van der Waals surface area contributed by atoms with Gasteiger partial charge in [-0.05, 0) is 51.7 Å². The first kappa shape index (κ1) is 13.7. The van der Waals surface area contributed by atoms with E-state index in [9.17, 15) is 0 Å². The highest BCUT2D eigenvalue weighted by molar-refractivity contribution is 5.80. The van der Waals surface area contributed by atoms with Crippen LogP contribution in [0.2, 0.25) is 0 Å². The van der Waals surface area contributed by atoms with E-state index in [4.69, 9.17) is 0 Å². The zero-order valence-corrected chi connectivity index (χ0v) is 11.6. The number of aliphatic imine (C=N–C) groups is 1. The van der Waals surface area contributed by atoms with E-state index in [2.05, 4.69) is 20.5 Å². The normalized spacial score (nSPS) is 21.2. The van der Waals surface area contributed by atoms with Gasteiger partial charge in [-0.3, -0.25) is 4.99 Å². The number of likely N-dealkylation sites (tertiary alicyclic amines) is 1. The lowest BCUT2D eigenvalue weighted by atomic mass is 10.1. The highest BCUT2D eigenvalue weighted by Gasteiger charge is 2.08. The Hall–Kier alpha value is -0.770. The Kier molecular flexibility index (Phi) is 6.34. The van der Waals surface area contributed by atoms with Gasteiger partial charge in [-0.1, -0.05) is 12.8 Å². The molecule has 2 N–H and O–H groups in total. The Morgan fingerprint density at radius 3 is 2.72 bits per heavy atom. The van der Waals surface area contributed by atoms with Gasteiger partial charge in [0.2, 0.25) is 0 Å². The molecule has 2 aliphatic rings. The van der Waals surface area contributed by atoms with Crippen LogP contribution in [-0.4, -0.2) is 50.1 Å². The third-order valence-electron chi connectivity index (χ3n) is 3.79. The third kappa shape index (κ3) is 5.25. The molecule has 0 aliphatic carbocycles. The molecule has 0 radical (unpaired) electrons. The molecule has 4 heteroatoms. The van der Waals surface area contributed by atoms with Crippen LogP contribution in [0.3, 0.4) is 0 Å². The van der Waals surface area contributed by atoms with E-state index >= 15 is 0 Å². The second kappa shape index (κ2) is 8.35. The molecule has 4 nitrogen and oxygen atoms in total. The van der Waals surface area contributed by atoms with Crippen LogP contribution in [0.1, 0.15) is 44.9 Å². The Balaban J connectivity index is 1.42. The van der Waals surface area contributed by atoms with E-state index in [0.29, 0.717) is 0 Å². The largest absolute Gasteiger partial charge is 0.356 e. The van der Waals surface area contributed by atoms with Crippen molar-refractivity contribution < 1.29 is 0 Å². The lowest BCUT2D eigenvalue weighted by Gasteiger charge is -2.26. The van der Waals surface area contributed by atoms with Crippen molar-refractivity contribution in [1.82, 2.24) is 15.5 Å². The van der Waals surface area contributed by atoms with Crippen LogP contribution in [0, 0.1) is 0 Å². The molecule has 1 fully saturated rings. The first-order chi connectivity index (χ1) is 8.95. The standard InChI is InChI=1S/C14H28N4/c1(4-11-18-12-5-2-6-13-18)3-8-15-14-16-9-7-10-17-14/h1-13H2,(H2,15,16,17). The summed E-state index contributed by atoms with van der Waals surface area (Å²) in [5.74, 6) is 1.01. The number of nitrogens with zero attached hydrogens (tertiary/aromatic N) is 2. The number of hydrogen-bond acceptors (Lipinski definition) is 4. The monoisotopic (exact) mass is 252 g/mol. The molecule has 0 saturated carbocycles. The maximum atomic E-state index is 4.41. The number of guanidine groups is 1. The molecule has 2 aliphatic heterocycles. The average Bonchev–Trinajstić information content (AvgIpc) is 2.45. The van der Waals surface area contributed by atoms with Crippen molar-refractivity contribution in [2.75, 3.05) is 39.3 Å². The average molecular weight is 252 g/mol. The Labute approximate surface area is 111 Å². The van der Waals surface area contributed by atoms with Gasteiger partial charge in [-0.25, -0.2) is 0 Å². The SMILES string of the molecule is C(CCNC1=NCCCN1)CCN1CCCCC1. The smallest absolute Gasteiger partial charge is 0.191 e. The highest BCUT2D eigenvalue weighted by Crippen LogP contribution is 2.09. The minimum Gasteiger partial charge on any atom is -0.356 e. The third-order valence-corrected chi connectivity index (χ3v) is 3.79. The molecule has 104 valence electrons. The fourth-order valence-electron chi connectivity index (χ4n) is 2.68. The molecule has 0 atom stereocenters. The van der Waals surface area contributed by atoms with Crippen LogP contribution in [0.25, 0.3) is 0 Å². The van der Waals surface area contributed by atoms with E-state index in [0.717, 1.165) is 25.6 Å². The van der Waals surface area contributed by atoms with Crippen LogP contribution < -0.4 is 10.6 Å². The summed E-state index contributed by atoms with van der Waals surface area (Å²) < 4.78 is 0. The summed E-state index contributed by atoms with van der Waals surface area (Å²) in [5, 5.41) is 6.68. The van der Waals surface area contributed by atoms with Crippen molar-refractivity contribution in [2.24, 2.45) is 4.99 Å². The zero-order valence-electron chi connectivity index (χ0n) is 11.6. The van der Waals surface area contributed by atoms with Gasteiger partial charge in [-0.2, -0.15) is 0 Å². The topological polar surface area (TPSA) is 39.7 Å². The minimum atomic E-state index is 0.976. The molecule has 0 aromatic rings. The van der Waals surface area contributed by atoms with E-state index in [1.54, 1.807) is 0 Å². The van der Waals surface area contributed by atoms with Gasteiger partial charge in [-0.15, -0.1) is 0 Å². The maximum absolute atomic E-state index is 4.41. The number of unbranched alkanes of at least 4 members (excludes halogenated alkanes) is 2. The van der Waals surface area contributed by atoms with Crippen LogP contribution in [0.4, 0.5) is 0 Å². The molecular formula is C14H28N4. The van der Waals surface area contributed by atoms with Crippen molar-refractivity contribution in [1.29, 1.82) is 0 Å². The summed E-state index contributed by atoms with van der Waals surface area (Å²) >= 11 is 0. The molecule has 2 rings (SSSR count). The van der Waals surface area contributed by atoms with Gasteiger partial charge < -0.3 is 15.5 Å². The first-order valence-electron chi connectivity index (χ1n) is 7.70. The summed E-state index contributed by atoms with van der Waals surface area (Å²) in [5.41, 5.74) is 0. The summed E-state index contributed by atoms with van der Waals surface area (Å²) in [6.07, 6.45) is 9.36. The van der Waals surface area contributed by atoms with Crippen molar-refractivity contribution >= 4 is 5.96 Å². The molecule has 1 saturated heterocycles. The van der Waals surface area contributed by atoms with Crippen molar-refractivity contribution in [2.45, 2.75) is 44.9 Å². The van der Waals surface area contributed by atoms with Gasteiger partial charge in [0.25, 0.3) is 0 Å². The number of hydrogen-bond donors (Lipinski definition) is 2. The molecule has 0 amide bonds. The van der Waals surface area contributed by atoms with Crippen LogP contribution in [0.5, 0.6) is 0 Å². The number of nitrogens with one attached hydrogen (secondary N) is 2. The molecule has 0 unspecified atom stereocenters. The molecule has 0 spiro atoms. The fraction of sp³-hybridized carbons (Fsp3) is 0.929. The summed E-state index contributed by atoms with van der Waals surface area (Å²) in [7, 11) is 0. The molecule has 0 bridgehead atoms. The van der Waals surface area contributed by atoms with Gasteiger partial charge in [0.05, 0.1) is 0 Å². The van der Waals surface area contributed by atoms with E-state index in [-0.39, 0.29) is 0 Å². The quantitative estimate of drug-likeness (QED) is 0.705. The second-order valence-electron chi connectivity index (χ2n) is 5.40. The predicted molar refractivity (Wildman–Crippen MR) is 77.1 cm³/mol. The Morgan fingerprint density at radius 2 is 1.94 bits per heavy atom. The van der Waals surface area contributed by atoms with Gasteiger partial charge in [0, 0.05) is 19.6 Å². The van der Waals surface area contributed by atoms with E-state index in [1.165, 1.54) is 64.6 Å². The van der Waals surface area contributed by atoms with Gasteiger partial charge in [0.1, 0.15) is 0 Å². The minimum absolute atomic E-state index is 0.976. The fourth-order valence-corrected chi connectivity index (χ4v) is 2.68. The molecule has 18 heavy (non-hydrogen) atoms. The van der Waals surface area contributed by atoms with E-state index < -0.39 is 0 Å².